The highest BCUT2D eigenvalue weighted by Gasteiger charge is 2.28. The number of benzene rings is 1. The number of aliphatic carboxylic acids is 1. The summed E-state index contributed by atoms with van der Waals surface area (Å²) in [6.45, 7) is -0.109. The zero-order valence-corrected chi connectivity index (χ0v) is 11.2. The van der Waals surface area contributed by atoms with E-state index in [1.807, 2.05) is 0 Å². The molecule has 1 aliphatic rings. The van der Waals surface area contributed by atoms with Gasteiger partial charge >= 0.3 is 5.97 Å². The predicted octanol–water partition coefficient (Wildman–Crippen LogP) is 0.161. The average molecular weight is 287 g/mol. The molecule has 0 radical (unpaired) electrons. The number of ether oxygens (including phenoxy) is 2. The molecular weight excluding hydrogens is 274 g/mol. The van der Waals surface area contributed by atoms with E-state index < -0.39 is 22.1 Å². The molecule has 0 aromatic heterocycles. The van der Waals surface area contributed by atoms with E-state index in [-0.39, 0.29) is 17.3 Å². The number of carboxylic acids is 1. The molecule has 0 saturated carbocycles. The SMILES string of the molecule is CN(C)S(=O)(=O)c1ccc2c(c1)OC(C(=O)O)CO2. The largest absolute Gasteiger partial charge is 0.485 e. The molecule has 2 rings (SSSR count). The van der Waals surface area contributed by atoms with Gasteiger partial charge in [0.25, 0.3) is 0 Å². The molecule has 1 atom stereocenters. The maximum absolute atomic E-state index is 11.9. The fraction of sp³-hybridized carbons (Fsp3) is 0.364. The third-order valence-corrected chi connectivity index (χ3v) is 4.44. The van der Waals surface area contributed by atoms with Crippen LogP contribution in [0, 0.1) is 0 Å². The van der Waals surface area contributed by atoms with Crippen molar-refractivity contribution in [1.29, 1.82) is 0 Å². The smallest absolute Gasteiger partial charge is 0.348 e. The number of sulfonamides is 1. The van der Waals surface area contributed by atoms with E-state index in [1.54, 1.807) is 0 Å². The molecule has 7 nitrogen and oxygen atoms in total. The van der Waals surface area contributed by atoms with Crippen molar-refractivity contribution in [2.24, 2.45) is 0 Å². The fourth-order valence-corrected chi connectivity index (χ4v) is 2.46. The zero-order valence-electron chi connectivity index (χ0n) is 10.4. The van der Waals surface area contributed by atoms with E-state index in [4.69, 9.17) is 14.6 Å². The number of rotatable bonds is 3. The second kappa shape index (κ2) is 4.71. The van der Waals surface area contributed by atoms with E-state index in [9.17, 15) is 13.2 Å². The van der Waals surface area contributed by atoms with Crippen molar-refractivity contribution in [2.45, 2.75) is 11.0 Å². The van der Waals surface area contributed by atoms with Crippen LogP contribution in [-0.4, -0.2) is 50.6 Å². The summed E-state index contributed by atoms with van der Waals surface area (Å²) in [5.74, 6) is -0.719. The topological polar surface area (TPSA) is 93.1 Å². The average Bonchev–Trinajstić information content (AvgIpc) is 2.37. The first-order chi connectivity index (χ1) is 8.82. The summed E-state index contributed by atoms with van der Waals surface area (Å²) < 4.78 is 35.4. The van der Waals surface area contributed by atoms with Crippen LogP contribution in [0.3, 0.4) is 0 Å². The molecule has 0 fully saturated rings. The van der Waals surface area contributed by atoms with Gasteiger partial charge in [-0.05, 0) is 12.1 Å². The molecule has 19 heavy (non-hydrogen) atoms. The highest BCUT2D eigenvalue weighted by Crippen LogP contribution is 2.34. The summed E-state index contributed by atoms with van der Waals surface area (Å²) in [7, 11) is -0.780. The summed E-state index contributed by atoms with van der Waals surface area (Å²) in [4.78, 5) is 10.8. The van der Waals surface area contributed by atoms with Crippen LogP contribution >= 0.6 is 0 Å². The van der Waals surface area contributed by atoms with E-state index in [1.165, 1.54) is 32.3 Å². The number of nitrogens with zero attached hydrogens (tertiary/aromatic N) is 1. The lowest BCUT2D eigenvalue weighted by molar-refractivity contribution is -0.147. The second-order valence-corrected chi connectivity index (χ2v) is 6.30. The van der Waals surface area contributed by atoms with Gasteiger partial charge in [-0.25, -0.2) is 17.5 Å². The minimum Gasteiger partial charge on any atom is -0.485 e. The molecule has 0 saturated heterocycles. The first kappa shape index (κ1) is 13.6. The Labute approximate surface area is 110 Å². The summed E-state index contributed by atoms with van der Waals surface area (Å²) in [5, 5.41) is 8.85. The normalized spacial score (nSPS) is 18.4. The molecule has 0 spiro atoms. The van der Waals surface area contributed by atoms with E-state index in [0.717, 1.165) is 4.31 Å². The lowest BCUT2D eigenvalue weighted by Crippen LogP contribution is -2.36. The Hall–Kier alpha value is -1.80. The van der Waals surface area contributed by atoms with Gasteiger partial charge in [-0.2, -0.15) is 0 Å². The van der Waals surface area contributed by atoms with Crippen LogP contribution < -0.4 is 9.47 Å². The first-order valence-corrected chi connectivity index (χ1v) is 6.85. The van der Waals surface area contributed by atoms with Gasteiger partial charge in [0.05, 0.1) is 4.90 Å². The van der Waals surface area contributed by atoms with Crippen LogP contribution in [-0.2, 0) is 14.8 Å². The maximum atomic E-state index is 11.9. The van der Waals surface area contributed by atoms with Gasteiger partial charge in [-0.3, -0.25) is 0 Å². The zero-order chi connectivity index (χ0) is 14.2. The fourth-order valence-electron chi connectivity index (χ4n) is 1.55. The molecule has 0 bridgehead atoms. The van der Waals surface area contributed by atoms with Crippen molar-refractivity contribution in [3.8, 4) is 11.5 Å². The van der Waals surface area contributed by atoms with Crippen molar-refractivity contribution < 1.29 is 27.8 Å². The van der Waals surface area contributed by atoms with Crippen LogP contribution in [0.4, 0.5) is 0 Å². The first-order valence-electron chi connectivity index (χ1n) is 5.41. The molecule has 1 aliphatic heterocycles. The Morgan fingerprint density at radius 1 is 1.37 bits per heavy atom. The summed E-state index contributed by atoms with van der Waals surface area (Å²) >= 11 is 0. The van der Waals surface area contributed by atoms with E-state index >= 15 is 0 Å². The number of carbonyl (C=O) groups is 1. The van der Waals surface area contributed by atoms with Crippen LogP contribution in [0.15, 0.2) is 23.1 Å². The number of carboxylic acid groups (broad SMARTS) is 1. The Bertz CT molecular complexity index is 610. The Kier molecular flexibility index (Phi) is 3.38. The van der Waals surface area contributed by atoms with E-state index in [0.29, 0.717) is 5.75 Å². The molecule has 1 heterocycles. The van der Waals surface area contributed by atoms with Crippen molar-refractivity contribution in [1.82, 2.24) is 4.31 Å². The van der Waals surface area contributed by atoms with Gasteiger partial charge in [-0.1, -0.05) is 0 Å². The lowest BCUT2D eigenvalue weighted by atomic mass is 10.2. The Morgan fingerprint density at radius 3 is 2.63 bits per heavy atom. The molecule has 1 aromatic carbocycles. The van der Waals surface area contributed by atoms with Gasteiger partial charge in [-0.15, -0.1) is 0 Å². The van der Waals surface area contributed by atoms with Crippen LogP contribution in [0.1, 0.15) is 0 Å². The van der Waals surface area contributed by atoms with Gasteiger partial charge in [0.15, 0.2) is 11.5 Å². The minimum absolute atomic E-state index is 0.0193. The second-order valence-electron chi connectivity index (χ2n) is 4.15. The molecule has 0 amide bonds. The molecular formula is C11H13NO6S. The third kappa shape index (κ3) is 2.49. The highest BCUT2D eigenvalue weighted by atomic mass is 32.2. The summed E-state index contributed by atoms with van der Waals surface area (Å²) in [6, 6.07) is 4.10. The summed E-state index contributed by atoms with van der Waals surface area (Å²) in [6.07, 6.45) is -1.13. The Morgan fingerprint density at radius 2 is 2.05 bits per heavy atom. The van der Waals surface area contributed by atoms with Crippen molar-refractivity contribution in [3.05, 3.63) is 18.2 Å². The van der Waals surface area contributed by atoms with Crippen molar-refractivity contribution in [3.63, 3.8) is 0 Å². The standard InChI is InChI=1S/C11H13NO6S/c1-12(2)19(15,16)7-3-4-8-9(5-7)18-10(6-17-8)11(13)14/h3-5,10H,6H2,1-2H3,(H,13,14). The van der Waals surface area contributed by atoms with Gasteiger partial charge in [0, 0.05) is 20.2 Å². The molecule has 104 valence electrons. The lowest BCUT2D eigenvalue weighted by Gasteiger charge is -2.24. The number of hydrogen-bond donors (Lipinski definition) is 1. The van der Waals surface area contributed by atoms with E-state index in [2.05, 4.69) is 0 Å². The molecule has 0 aliphatic carbocycles. The quantitative estimate of drug-likeness (QED) is 0.851. The third-order valence-electron chi connectivity index (χ3n) is 2.63. The monoisotopic (exact) mass is 287 g/mol. The maximum Gasteiger partial charge on any atom is 0.348 e. The van der Waals surface area contributed by atoms with Gasteiger partial charge in [0.2, 0.25) is 16.1 Å². The number of fused-ring (bicyclic) bond motifs is 1. The molecule has 1 N–H and O–H groups in total. The van der Waals surface area contributed by atoms with Crippen LogP contribution in [0.25, 0.3) is 0 Å². The molecule has 8 heteroatoms. The Balaban J connectivity index is 2.39. The van der Waals surface area contributed by atoms with Gasteiger partial charge in [0.1, 0.15) is 6.61 Å². The minimum atomic E-state index is -3.60. The van der Waals surface area contributed by atoms with Crippen molar-refractivity contribution >= 4 is 16.0 Å². The molecule has 1 aromatic rings. The van der Waals surface area contributed by atoms with Crippen LogP contribution in [0.5, 0.6) is 11.5 Å². The number of hydrogen-bond acceptors (Lipinski definition) is 5. The molecule has 1 unspecified atom stereocenters. The predicted molar refractivity (Wildman–Crippen MR) is 64.9 cm³/mol. The highest BCUT2D eigenvalue weighted by molar-refractivity contribution is 7.89. The van der Waals surface area contributed by atoms with Gasteiger partial charge < -0.3 is 14.6 Å². The summed E-state index contributed by atoms with van der Waals surface area (Å²) in [5.41, 5.74) is 0. The van der Waals surface area contributed by atoms with Crippen molar-refractivity contribution in [2.75, 3.05) is 20.7 Å². The van der Waals surface area contributed by atoms with Crippen LogP contribution in [0.2, 0.25) is 0 Å².